The molecule has 1 amide bonds. The number of methoxy groups -OCH3 is 1. The Morgan fingerprint density at radius 1 is 1.04 bits per heavy atom. The molecule has 0 radical (unpaired) electrons. The number of allylic oxidation sites excluding steroid dienone is 1. The quantitative estimate of drug-likeness (QED) is 0.432. The van der Waals surface area contributed by atoms with Gasteiger partial charge >= 0.3 is 6.09 Å². The van der Waals surface area contributed by atoms with E-state index >= 15 is 0 Å². The van der Waals surface area contributed by atoms with Gasteiger partial charge in [0, 0.05) is 20.6 Å². The van der Waals surface area contributed by atoms with E-state index in [1.54, 1.807) is 19.1 Å². The summed E-state index contributed by atoms with van der Waals surface area (Å²) < 4.78 is 10.7. The molecule has 0 N–H and O–H groups in total. The second-order valence-electron chi connectivity index (χ2n) is 7.88. The second-order valence-corrected chi connectivity index (χ2v) is 7.88. The Morgan fingerprint density at radius 3 is 1.92 bits per heavy atom. The summed E-state index contributed by atoms with van der Waals surface area (Å²) in [5, 5.41) is 0. The number of aliphatic imine (C=N–C) groups is 1. The minimum atomic E-state index is -0.504. The van der Waals surface area contributed by atoms with Crippen molar-refractivity contribution in [2.75, 3.05) is 27.7 Å². The van der Waals surface area contributed by atoms with E-state index in [0.29, 0.717) is 12.4 Å². The number of likely N-dealkylation sites (N-methyl/N-ethyl adjacent to an activating group) is 2. The topological polar surface area (TPSA) is 54.4 Å². The number of amides is 1. The van der Waals surface area contributed by atoms with Crippen LogP contribution >= 0.6 is 0 Å². The molecule has 0 unspecified atom stereocenters. The van der Waals surface area contributed by atoms with Gasteiger partial charge in [0.25, 0.3) is 0 Å². The molecule has 0 aromatic heterocycles. The molecule has 0 saturated heterocycles. The fourth-order valence-corrected chi connectivity index (χ4v) is 2.11. The van der Waals surface area contributed by atoms with Gasteiger partial charge in [-0.1, -0.05) is 0 Å². The highest BCUT2D eigenvalue weighted by Gasteiger charge is 2.30. The van der Waals surface area contributed by atoms with Gasteiger partial charge in [0.2, 0.25) is 5.88 Å². The van der Waals surface area contributed by atoms with E-state index < -0.39 is 5.60 Å². The minimum absolute atomic E-state index is 0.320. The van der Waals surface area contributed by atoms with Crippen molar-refractivity contribution in [2.45, 2.75) is 66.5 Å². The van der Waals surface area contributed by atoms with Crippen LogP contribution in [0.2, 0.25) is 0 Å². The van der Waals surface area contributed by atoms with Crippen LogP contribution in [0.25, 0.3) is 0 Å². The molecule has 0 heterocycles. The lowest BCUT2D eigenvalue weighted by molar-refractivity contribution is 0.0226. The molecule has 0 bridgehead atoms. The second kappa shape index (κ2) is 8.40. The fourth-order valence-electron chi connectivity index (χ4n) is 2.11. The van der Waals surface area contributed by atoms with Crippen molar-refractivity contribution in [3.63, 3.8) is 0 Å². The molecule has 6 heteroatoms. The summed E-state index contributed by atoms with van der Waals surface area (Å²) in [6.07, 6.45) is -0.333. The lowest BCUT2D eigenvalue weighted by atomic mass is 10.0. The van der Waals surface area contributed by atoms with Crippen LogP contribution in [-0.2, 0) is 9.47 Å². The van der Waals surface area contributed by atoms with Crippen LogP contribution < -0.4 is 0 Å². The van der Waals surface area contributed by atoms with E-state index in [4.69, 9.17) is 9.47 Å². The van der Waals surface area contributed by atoms with Crippen LogP contribution in [-0.4, -0.2) is 60.6 Å². The summed E-state index contributed by atoms with van der Waals surface area (Å²) in [5.74, 6) is 1.42. The summed E-state index contributed by atoms with van der Waals surface area (Å²) in [4.78, 5) is 20.3. The maximum Gasteiger partial charge on any atom is 0.410 e. The molecule has 140 valence electrons. The zero-order chi connectivity index (χ0) is 19.3. The summed E-state index contributed by atoms with van der Waals surface area (Å²) >= 11 is 0. The smallest absolute Gasteiger partial charge is 0.410 e. The predicted octanol–water partition coefficient (Wildman–Crippen LogP) is 3.88. The first-order chi connectivity index (χ1) is 10.7. The number of hydrogen-bond acceptors (Lipinski definition) is 4. The number of carbonyl (C=O) groups excluding carboxylic acids is 1. The average Bonchev–Trinajstić information content (AvgIpc) is 2.40. The van der Waals surface area contributed by atoms with E-state index in [9.17, 15) is 4.79 Å². The molecule has 0 aliphatic heterocycles. The molecular weight excluding hydrogens is 306 g/mol. The van der Waals surface area contributed by atoms with Gasteiger partial charge in [-0.05, 0) is 61.0 Å². The number of ether oxygens (including phenoxy) is 2. The molecule has 0 aliphatic rings. The Balaban J connectivity index is 5.14. The third-order valence-electron chi connectivity index (χ3n) is 3.61. The lowest BCUT2D eigenvalue weighted by Crippen LogP contribution is -2.52. The summed E-state index contributed by atoms with van der Waals surface area (Å²) in [6, 6.07) is 0. The van der Waals surface area contributed by atoms with Crippen molar-refractivity contribution in [3.05, 3.63) is 11.5 Å². The Morgan fingerprint density at radius 2 is 1.54 bits per heavy atom. The van der Waals surface area contributed by atoms with E-state index in [1.807, 2.05) is 53.5 Å². The summed E-state index contributed by atoms with van der Waals surface area (Å²) in [5.41, 5.74) is 0.184. The van der Waals surface area contributed by atoms with Gasteiger partial charge in [0.1, 0.15) is 11.4 Å². The SMILES string of the molecule is COC(N=C(C)N(C)C(C)(C)CN(C)C(=O)OC(C)(C)C)=C(C)C. The highest BCUT2D eigenvalue weighted by molar-refractivity contribution is 5.81. The Bertz CT molecular complexity index is 498. The number of hydrogen-bond donors (Lipinski definition) is 0. The zero-order valence-electron chi connectivity index (χ0n) is 17.3. The monoisotopic (exact) mass is 341 g/mol. The van der Waals surface area contributed by atoms with Crippen LogP contribution in [0.4, 0.5) is 4.79 Å². The van der Waals surface area contributed by atoms with Crippen molar-refractivity contribution in [2.24, 2.45) is 4.99 Å². The first-order valence-electron chi connectivity index (χ1n) is 8.16. The number of rotatable bonds is 5. The van der Waals surface area contributed by atoms with Crippen LogP contribution in [0.1, 0.15) is 55.4 Å². The summed E-state index contributed by atoms with van der Waals surface area (Å²) in [7, 11) is 5.31. The largest absolute Gasteiger partial charge is 0.481 e. The van der Waals surface area contributed by atoms with Crippen molar-refractivity contribution in [1.29, 1.82) is 0 Å². The van der Waals surface area contributed by atoms with Crippen LogP contribution in [0.15, 0.2) is 16.4 Å². The fraction of sp³-hybridized carbons (Fsp3) is 0.778. The maximum atomic E-state index is 12.2. The highest BCUT2D eigenvalue weighted by Crippen LogP contribution is 2.18. The number of amidine groups is 1. The first-order valence-corrected chi connectivity index (χ1v) is 8.16. The number of nitrogens with zero attached hydrogens (tertiary/aromatic N) is 3. The standard InChI is InChI=1S/C18H35N3O3/c1-13(2)15(23-11)19-14(3)21(10)18(7,8)12-20(9)16(22)24-17(4,5)6/h12H2,1-11H3. The molecule has 0 fully saturated rings. The molecule has 6 nitrogen and oxygen atoms in total. The van der Waals surface area contributed by atoms with Crippen molar-refractivity contribution >= 4 is 11.9 Å². The van der Waals surface area contributed by atoms with Gasteiger partial charge in [-0.2, -0.15) is 0 Å². The van der Waals surface area contributed by atoms with E-state index in [1.165, 1.54) is 0 Å². The predicted molar refractivity (Wildman–Crippen MR) is 99.2 cm³/mol. The van der Waals surface area contributed by atoms with Gasteiger partial charge in [0.15, 0.2) is 0 Å². The van der Waals surface area contributed by atoms with Crippen molar-refractivity contribution in [3.8, 4) is 0 Å². The molecular formula is C18H35N3O3. The molecule has 24 heavy (non-hydrogen) atoms. The molecule has 0 aromatic carbocycles. The Labute approximate surface area is 147 Å². The number of carbonyl (C=O) groups is 1. The maximum absolute atomic E-state index is 12.2. The molecule has 0 aromatic rings. The molecule has 0 saturated carbocycles. The van der Waals surface area contributed by atoms with Crippen molar-refractivity contribution < 1.29 is 14.3 Å². The van der Waals surface area contributed by atoms with E-state index in [0.717, 1.165) is 11.4 Å². The first kappa shape index (κ1) is 22.3. The van der Waals surface area contributed by atoms with E-state index in [2.05, 4.69) is 18.8 Å². The van der Waals surface area contributed by atoms with Gasteiger partial charge < -0.3 is 19.3 Å². The zero-order valence-corrected chi connectivity index (χ0v) is 17.3. The van der Waals surface area contributed by atoms with Gasteiger partial charge in [-0.15, -0.1) is 0 Å². The van der Waals surface area contributed by atoms with Gasteiger partial charge in [-0.3, -0.25) is 0 Å². The van der Waals surface area contributed by atoms with Gasteiger partial charge in [0.05, 0.1) is 12.6 Å². The third-order valence-corrected chi connectivity index (χ3v) is 3.61. The lowest BCUT2D eigenvalue weighted by Gasteiger charge is -2.40. The van der Waals surface area contributed by atoms with Crippen LogP contribution in [0.3, 0.4) is 0 Å². The summed E-state index contributed by atoms with van der Waals surface area (Å²) in [6.45, 7) is 16.0. The van der Waals surface area contributed by atoms with Crippen molar-refractivity contribution in [1.82, 2.24) is 9.80 Å². The molecule has 0 rings (SSSR count). The molecule has 0 spiro atoms. The minimum Gasteiger partial charge on any atom is -0.481 e. The molecule has 0 atom stereocenters. The highest BCUT2D eigenvalue weighted by atomic mass is 16.6. The molecule has 0 aliphatic carbocycles. The Hall–Kier alpha value is -1.72. The van der Waals surface area contributed by atoms with E-state index in [-0.39, 0.29) is 11.6 Å². The Kier molecular flexibility index (Phi) is 7.80. The normalized spacial score (nSPS) is 12.5. The average molecular weight is 341 g/mol. The van der Waals surface area contributed by atoms with Crippen LogP contribution in [0, 0.1) is 0 Å². The van der Waals surface area contributed by atoms with Gasteiger partial charge in [-0.25, -0.2) is 9.79 Å². The van der Waals surface area contributed by atoms with Crippen LogP contribution in [0.5, 0.6) is 0 Å². The third kappa shape index (κ3) is 7.23.